The number of nitrogens with zero attached hydrogens (tertiary/aromatic N) is 3. The van der Waals surface area contributed by atoms with Crippen LogP contribution in [0.5, 0.6) is 0 Å². The molecule has 0 aliphatic rings. The van der Waals surface area contributed by atoms with E-state index in [0.29, 0.717) is 24.9 Å². The van der Waals surface area contributed by atoms with Gasteiger partial charge in [-0.2, -0.15) is 10.1 Å². The van der Waals surface area contributed by atoms with Crippen molar-refractivity contribution in [2.24, 2.45) is 0 Å². The molecule has 128 valence electrons. The fourth-order valence-corrected chi connectivity index (χ4v) is 2.45. The summed E-state index contributed by atoms with van der Waals surface area (Å²) in [4.78, 5) is 4.40. The summed E-state index contributed by atoms with van der Waals surface area (Å²) in [6.07, 6.45) is 2.36. The zero-order valence-electron chi connectivity index (χ0n) is 14.0. The third-order valence-corrected chi connectivity index (χ3v) is 3.72. The number of halogens is 1. The Bertz CT molecular complexity index is 820. The van der Waals surface area contributed by atoms with Gasteiger partial charge in [0.15, 0.2) is 5.82 Å². The molecule has 0 saturated heterocycles. The molecule has 0 aliphatic carbocycles. The van der Waals surface area contributed by atoms with Gasteiger partial charge < -0.3 is 10.6 Å². The molecule has 3 aromatic rings. The highest BCUT2D eigenvalue weighted by Gasteiger charge is 2.01. The van der Waals surface area contributed by atoms with Crippen molar-refractivity contribution >= 4 is 11.8 Å². The van der Waals surface area contributed by atoms with Gasteiger partial charge in [-0.15, -0.1) is 5.10 Å². The highest BCUT2D eigenvalue weighted by Crippen LogP contribution is 2.09. The van der Waals surface area contributed by atoms with E-state index in [0.717, 1.165) is 12.0 Å². The maximum absolute atomic E-state index is 12.9. The van der Waals surface area contributed by atoms with Crippen molar-refractivity contribution in [2.45, 2.75) is 19.9 Å². The summed E-state index contributed by atoms with van der Waals surface area (Å²) in [5, 5.41) is 14.3. The van der Waals surface area contributed by atoms with Gasteiger partial charge in [0.1, 0.15) is 5.82 Å². The monoisotopic (exact) mass is 337 g/mol. The van der Waals surface area contributed by atoms with Crippen LogP contribution in [-0.4, -0.2) is 21.7 Å². The number of benzene rings is 2. The lowest BCUT2D eigenvalue weighted by Gasteiger charge is -2.08. The van der Waals surface area contributed by atoms with Crippen LogP contribution in [0.3, 0.4) is 0 Å². The van der Waals surface area contributed by atoms with Crippen LogP contribution in [0.2, 0.25) is 0 Å². The number of aryl methyl sites for hydroxylation is 1. The molecule has 25 heavy (non-hydrogen) atoms. The molecule has 0 spiro atoms. The molecule has 6 heteroatoms. The summed E-state index contributed by atoms with van der Waals surface area (Å²) in [6.45, 7) is 3.39. The minimum absolute atomic E-state index is 0.221. The number of nitrogens with one attached hydrogen (secondary N) is 2. The number of hydrogen-bond donors (Lipinski definition) is 2. The Morgan fingerprint density at radius 2 is 1.84 bits per heavy atom. The second-order valence-corrected chi connectivity index (χ2v) is 5.81. The van der Waals surface area contributed by atoms with Gasteiger partial charge in [-0.05, 0) is 36.6 Å². The Hall–Kier alpha value is -3.02. The van der Waals surface area contributed by atoms with E-state index in [9.17, 15) is 4.39 Å². The number of anilines is 2. The van der Waals surface area contributed by atoms with Crippen LogP contribution in [0.15, 0.2) is 54.7 Å². The molecule has 3 rings (SSSR count). The molecule has 2 aromatic carbocycles. The summed E-state index contributed by atoms with van der Waals surface area (Å²) in [6, 6.07) is 14.8. The molecule has 0 atom stereocenters. The SMILES string of the molecule is Cc1cccc(CNc2nncc(NCCc3ccc(F)cc3)n2)c1. The van der Waals surface area contributed by atoms with Crippen molar-refractivity contribution < 1.29 is 4.39 Å². The molecule has 5 nitrogen and oxygen atoms in total. The summed E-state index contributed by atoms with van der Waals surface area (Å²) < 4.78 is 12.9. The fraction of sp³-hybridized carbons (Fsp3) is 0.211. The first kappa shape index (κ1) is 16.8. The highest BCUT2D eigenvalue weighted by molar-refractivity contribution is 5.38. The Morgan fingerprint density at radius 1 is 1.00 bits per heavy atom. The van der Waals surface area contributed by atoms with Crippen LogP contribution in [-0.2, 0) is 13.0 Å². The van der Waals surface area contributed by atoms with Gasteiger partial charge >= 0.3 is 0 Å². The van der Waals surface area contributed by atoms with Crippen LogP contribution in [0.25, 0.3) is 0 Å². The van der Waals surface area contributed by atoms with E-state index in [4.69, 9.17) is 0 Å². The largest absolute Gasteiger partial charge is 0.368 e. The molecule has 1 heterocycles. The van der Waals surface area contributed by atoms with Gasteiger partial charge in [0.2, 0.25) is 5.95 Å². The normalized spacial score (nSPS) is 10.5. The van der Waals surface area contributed by atoms with Crippen molar-refractivity contribution in [1.82, 2.24) is 15.2 Å². The molecule has 0 fully saturated rings. The molecular formula is C19H20FN5. The van der Waals surface area contributed by atoms with E-state index < -0.39 is 0 Å². The van der Waals surface area contributed by atoms with E-state index in [1.54, 1.807) is 18.3 Å². The lowest BCUT2D eigenvalue weighted by atomic mass is 10.1. The van der Waals surface area contributed by atoms with E-state index in [1.807, 2.05) is 6.07 Å². The van der Waals surface area contributed by atoms with E-state index in [1.165, 1.54) is 23.3 Å². The first-order valence-corrected chi connectivity index (χ1v) is 8.16. The first-order valence-electron chi connectivity index (χ1n) is 8.16. The van der Waals surface area contributed by atoms with Crippen LogP contribution in [0.1, 0.15) is 16.7 Å². The quantitative estimate of drug-likeness (QED) is 0.690. The maximum Gasteiger partial charge on any atom is 0.244 e. The second-order valence-electron chi connectivity index (χ2n) is 5.81. The van der Waals surface area contributed by atoms with Crippen LogP contribution < -0.4 is 10.6 Å². The lowest BCUT2D eigenvalue weighted by Crippen LogP contribution is -2.10. The van der Waals surface area contributed by atoms with Gasteiger partial charge in [0, 0.05) is 13.1 Å². The van der Waals surface area contributed by atoms with Crippen molar-refractivity contribution in [1.29, 1.82) is 0 Å². The standard InChI is InChI=1S/C19H20FN5/c1-14-3-2-4-16(11-14)12-22-19-24-18(13-23-25-19)21-10-9-15-5-7-17(20)8-6-15/h2-8,11,13H,9-10,12H2,1H3,(H2,21,22,24,25). The number of hydrogen-bond acceptors (Lipinski definition) is 5. The molecular weight excluding hydrogens is 317 g/mol. The zero-order chi connectivity index (χ0) is 17.5. The summed E-state index contributed by atoms with van der Waals surface area (Å²) in [5.41, 5.74) is 3.45. The van der Waals surface area contributed by atoms with Gasteiger partial charge in [0.25, 0.3) is 0 Å². The minimum Gasteiger partial charge on any atom is -0.368 e. The van der Waals surface area contributed by atoms with E-state index >= 15 is 0 Å². The number of aromatic nitrogens is 3. The average molecular weight is 337 g/mol. The molecule has 0 unspecified atom stereocenters. The van der Waals surface area contributed by atoms with Gasteiger partial charge in [0.05, 0.1) is 6.20 Å². The molecule has 2 N–H and O–H groups in total. The third-order valence-electron chi connectivity index (χ3n) is 3.72. The van der Waals surface area contributed by atoms with Crippen LogP contribution >= 0.6 is 0 Å². The zero-order valence-corrected chi connectivity index (χ0v) is 14.0. The second kappa shape index (κ2) is 8.19. The lowest BCUT2D eigenvalue weighted by molar-refractivity contribution is 0.627. The Kier molecular flexibility index (Phi) is 5.51. The Balaban J connectivity index is 1.51. The summed E-state index contributed by atoms with van der Waals surface area (Å²) in [5.74, 6) is 0.915. The molecule has 0 aliphatic heterocycles. The maximum atomic E-state index is 12.9. The topological polar surface area (TPSA) is 62.7 Å². The van der Waals surface area contributed by atoms with Crippen LogP contribution in [0.4, 0.5) is 16.2 Å². The van der Waals surface area contributed by atoms with Gasteiger partial charge in [-0.3, -0.25) is 0 Å². The van der Waals surface area contributed by atoms with E-state index in [2.05, 4.69) is 50.9 Å². The predicted molar refractivity (Wildman–Crippen MR) is 96.9 cm³/mol. The minimum atomic E-state index is -0.221. The molecule has 0 bridgehead atoms. The van der Waals surface area contributed by atoms with Gasteiger partial charge in [-0.25, -0.2) is 4.39 Å². The summed E-state index contributed by atoms with van der Waals surface area (Å²) in [7, 11) is 0. The molecule has 0 saturated carbocycles. The Labute approximate surface area is 146 Å². The smallest absolute Gasteiger partial charge is 0.244 e. The van der Waals surface area contributed by atoms with Crippen LogP contribution in [0, 0.1) is 12.7 Å². The van der Waals surface area contributed by atoms with Gasteiger partial charge in [-0.1, -0.05) is 42.0 Å². The predicted octanol–water partition coefficient (Wildman–Crippen LogP) is 3.59. The average Bonchev–Trinajstić information content (AvgIpc) is 2.62. The first-order chi connectivity index (χ1) is 12.2. The van der Waals surface area contributed by atoms with Crippen molar-refractivity contribution in [3.05, 3.63) is 77.2 Å². The molecule has 1 aromatic heterocycles. The highest BCUT2D eigenvalue weighted by atomic mass is 19.1. The van der Waals surface area contributed by atoms with Crippen molar-refractivity contribution in [3.8, 4) is 0 Å². The fourth-order valence-electron chi connectivity index (χ4n) is 2.45. The van der Waals surface area contributed by atoms with Crippen molar-refractivity contribution in [3.63, 3.8) is 0 Å². The third kappa shape index (κ3) is 5.24. The summed E-state index contributed by atoms with van der Waals surface area (Å²) >= 11 is 0. The molecule has 0 radical (unpaired) electrons. The molecule has 0 amide bonds. The van der Waals surface area contributed by atoms with Crippen molar-refractivity contribution in [2.75, 3.05) is 17.2 Å². The Morgan fingerprint density at radius 3 is 2.64 bits per heavy atom. The van der Waals surface area contributed by atoms with E-state index in [-0.39, 0.29) is 5.82 Å². The number of rotatable bonds is 7.